The molecule has 0 aromatic rings. The van der Waals surface area contributed by atoms with E-state index in [1.54, 1.807) is 0 Å². The summed E-state index contributed by atoms with van der Waals surface area (Å²) in [5, 5.41) is 0. The van der Waals surface area contributed by atoms with Crippen molar-refractivity contribution < 1.29 is 4.74 Å². The quantitative estimate of drug-likeness (QED) is 0.497. The minimum Gasteiger partial charge on any atom is -0.378 e. The van der Waals surface area contributed by atoms with E-state index in [1.807, 2.05) is 0 Å². The average molecular weight is 325 g/mol. The van der Waals surface area contributed by atoms with Crippen molar-refractivity contribution in [2.75, 3.05) is 39.4 Å². The molecule has 3 heteroatoms. The monoisotopic (exact) mass is 324 g/mol. The second-order valence-electron chi connectivity index (χ2n) is 7.62. The molecule has 2 aliphatic heterocycles. The molecule has 2 rings (SSSR count). The van der Waals surface area contributed by atoms with Crippen LogP contribution in [0.15, 0.2) is 0 Å². The molecule has 1 unspecified atom stereocenters. The third-order valence-electron chi connectivity index (χ3n) is 5.78. The number of piperazine rings is 1. The number of ether oxygens (including phenoxy) is 1. The average Bonchev–Trinajstić information content (AvgIpc) is 2.52. The van der Waals surface area contributed by atoms with Gasteiger partial charge in [0.05, 0.1) is 19.3 Å². The van der Waals surface area contributed by atoms with E-state index in [0.717, 1.165) is 25.3 Å². The van der Waals surface area contributed by atoms with Crippen molar-refractivity contribution >= 4 is 0 Å². The van der Waals surface area contributed by atoms with Crippen molar-refractivity contribution in [3.63, 3.8) is 0 Å². The Morgan fingerprint density at radius 1 is 0.783 bits per heavy atom. The molecule has 1 atom stereocenters. The van der Waals surface area contributed by atoms with E-state index in [1.165, 1.54) is 90.4 Å². The zero-order valence-corrected chi connectivity index (χ0v) is 15.8. The fourth-order valence-electron chi connectivity index (χ4n) is 4.02. The van der Waals surface area contributed by atoms with Crippen molar-refractivity contribution in [3.8, 4) is 0 Å². The largest absolute Gasteiger partial charge is 0.378 e. The van der Waals surface area contributed by atoms with Crippen LogP contribution in [0.1, 0.15) is 78.1 Å². The van der Waals surface area contributed by atoms with Crippen LogP contribution in [-0.2, 0) is 4.74 Å². The maximum atomic E-state index is 5.36. The fraction of sp³-hybridized carbons (Fsp3) is 1.00. The summed E-state index contributed by atoms with van der Waals surface area (Å²) in [5.41, 5.74) is 0. The second kappa shape index (κ2) is 11.4. The Kier molecular flexibility index (Phi) is 9.55. The highest BCUT2D eigenvalue weighted by Crippen LogP contribution is 2.21. The van der Waals surface area contributed by atoms with Crippen LogP contribution < -0.4 is 0 Å². The maximum Gasteiger partial charge on any atom is 0.0645 e. The van der Waals surface area contributed by atoms with Gasteiger partial charge in [0.15, 0.2) is 0 Å². The molecule has 0 bridgehead atoms. The third-order valence-corrected chi connectivity index (χ3v) is 5.78. The molecule has 0 aromatic heterocycles. The lowest BCUT2D eigenvalue weighted by atomic mass is 9.99. The van der Waals surface area contributed by atoms with Gasteiger partial charge in [-0.1, -0.05) is 65.2 Å². The maximum absolute atomic E-state index is 5.36. The Morgan fingerprint density at radius 2 is 1.35 bits per heavy atom. The molecule has 0 radical (unpaired) electrons. The normalized spacial score (nSPS) is 22.2. The van der Waals surface area contributed by atoms with Crippen molar-refractivity contribution in [3.05, 3.63) is 0 Å². The van der Waals surface area contributed by atoms with Gasteiger partial charge in [0.2, 0.25) is 0 Å². The molecule has 3 nitrogen and oxygen atoms in total. The van der Waals surface area contributed by atoms with E-state index < -0.39 is 0 Å². The van der Waals surface area contributed by atoms with Gasteiger partial charge in [-0.25, -0.2) is 0 Å². The van der Waals surface area contributed by atoms with Gasteiger partial charge in [0.1, 0.15) is 0 Å². The van der Waals surface area contributed by atoms with Gasteiger partial charge in [-0.2, -0.15) is 0 Å². The second-order valence-corrected chi connectivity index (χ2v) is 7.62. The van der Waals surface area contributed by atoms with E-state index in [9.17, 15) is 0 Å². The standard InChI is InChI=1S/C20H40N2O/c1-3-5-7-8-10-12-19(11-9-6-4-2)21-13-15-22(16-14-21)20-17-23-18-20/h19-20H,3-18H2,1-2H3. The molecule has 0 spiro atoms. The molecule has 2 aliphatic rings. The first-order chi connectivity index (χ1) is 11.3. The topological polar surface area (TPSA) is 15.7 Å². The number of hydrogen-bond donors (Lipinski definition) is 0. The van der Waals surface area contributed by atoms with Gasteiger partial charge in [-0.15, -0.1) is 0 Å². The summed E-state index contributed by atoms with van der Waals surface area (Å²) in [4.78, 5) is 5.47. The highest BCUT2D eigenvalue weighted by Gasteiger charge is 2.30. The fourth-order valence-corrected chi connectivity index (χ4v) is 4.02. The lowest BCUT2D eigenvalue weighted by molar-refractivity contribution is -0.0802. The van der Waals surface area contributed by atoms with Crippen LogP contribution in [0.4, 0.5) is 0 Å². The molecule has 0 saturated carbocycles. The molecule has 0 N–H and O–H groups in total. The number of nitrogens with zero attached hydrogens (tertiary/aromatic N) is 2. The van der Waals surface area contributed by atoms with Crippen LogP contribution in [0.25, 0.3) is 0 Å². The Hall–Kier alpha value is -0.120. The molecule has 2 heterocycles. The van der Waals surface area contributed by atoms with Crippen LogP contribution >= 0.6 is 0 Å². The Bertz CT molecular complexity index is 285. The molecule has 0 aromatic carbocycles. The minimum atomic E-state index is 0.727. The molecule has 136 valence electrons. The van der Waals surface area contributed by atoms with E-state index in [2.05, 4.69) is 23.6 Å². The Morgan fingerprint density at radius 3 is 1.91 bits per heavy atom. The first-order valence-electron chi connectivity index (χ1n) is 10.4. The number of rotatable bonds is 12. The van der Waals surface area contributed by atoms with Crippen LogP contribution in [0, 0.1) is 0 Å². The van der Waals surface area contributed by atoms with E-state index >= 15 is 0 Å². The molecule has 2 saturated heterocycles. The van der Waals surface area contributed by atoms with E-state index in [4.69, 9.17) is 4.74 Å². The zero-order chi connectivity index (χ0) is 16.3. The van der Waals surface area contributed by atoms with Crippen LogP contribution in [0.5, 0.6) is 0 Å². The summed E-state index contributed by atoms with van der Waals surface area (Å²) in [6, 6.07) is 1.58. The highest BCUT2D eigenvalue weighted by atomic mass is 16.5. The summed E-state index contributed by atoms with van der Waals surface area (Å²) in [6.45, 7) is 11.6. The Labute approximate surface area is 144 Å². The summed E-state index contributed by atoms with van der Waals surface area (Å²) >= 11 is 0. The molecule has 0 aliphatic carbocycles. The minimum absolute atomic E-state index is 0.727. The lowest BCUT2D eigenvalue weighted by Crippen LogP contribution is -2.58. The summed E-state index contributed by atoms with van der Waals surface area (Å²) in [5.74, 6) is 0. The molecular formula is C20H40N2O. The SMILES string of the molecule is CCCCCCCC(CCCCC)N1CCN(C2COC2)CC1. The molecule has 23 heavy (non-hydrogen) atoms. The van der Waals surface area contributed by atoms with Crippen LogP contribution in [0.2, 0.25) is 0 Å². The third kappa shape index (κ3) is 6.72. The predicted octanol–water partition coefficient (Wildman–Crippen LogP) is 4.31. The first-order valence-corrected chi connectivity index (χ1v) is 10.4. The number of hydrogen-bond acceptors (Lipinski definition) is 3. The van der Waals surface area contributed by atoms with Gasteiger partial charge in [-0.05, 0) is 12.8 Å². The highest BCUT2D eigenvalue weighted by molar-refractivity contribution is 4.84. The van der Waals surface area contributed by atoms with E-state index in [-0.39, 0.29) is 0 Å². The van der Waals surface area contributed by atoms with Crippen molar-refractivity contribution in [2.45, 2.75) is 90.1 Å². The van der Waals surface area contributed by atoms with Crippen LogP contribution in [0.3, 0.4) is 0 Å². The summed E-state index contributed by atoms with van der Waals surface area (Å²) in [6.07, 6.45) is 14.1. The van der Waals surface area contributed by atoms with E-state index in [0.29, 0.717) is 0 Å². The van der Waals surface area contributed by atoms with Gasteiger partial charge < -0.3 is 4.74 Å². The lowest BCUT2D eigenvalue weighted by Gasteiger charge is -2.44. The smallest absolute Gasteiger partial charge is 0.0645 e. The predicted molar refractivity (Wildman–Crippen MR) is 99.1 cm³/mol. The van der Waals surface area contributed by atoms with Crippen molar-refractivity contribution in [1.29, 1.82) is 0 Å². The van der Waals surface area contributed by atoms with Crippen molar-refractivity contribution in [2.24, 2.45) is 0 Å². The summed E-state index contributed by atoms with van der Waals surface area (Å²) in [7, 11) is 0. The molecular weight excluding hydrogens is 284 g/mol. The number of unbranched alkanes of at least 4 members (excludes halogenated alkanes) is 6. The zero-order valence-electron chi connectivity index (χ0n) is 15.8. The van der Waals surface area contributed by atoms with Gasteiger partial charge in [0, 0.05) is 32.2 Å². The molecule has 2 fully saturated rings. The Balaban J connectivity index is 1.69. The van der Waals surface area contributed by atoms with Gasteiger partial charge in [0.25, 0.3) is 0 Å². The van der Waals surface area contributed by atoms with Gasteiger partial charge >= 0.3 is 0 Å². The van der Waals surface area contributed by atoms with Crippen LogP contribution in [-0.4, -0.2) is 61.3 Å². The first kappa shape index (κ1) is 19.2. The van der Waals surface area contributed by atoms with Crippen molar-refractivity contribution in [1.82, 2.24) is 9.80 Å². The summed E-state index contributed by atoms with van der Waals surface area (Å²) < 4.78 is 5.36. The van der Waals surface area contributed by atoms with Gasteiger partial charge in [-0.3, -0.25) is 9.80 Å². The molecule has 0 amide bonds.